The summed E-state index contributed by atoms with van der Waals surface area (Å²) in [5, 5.41) is 55.2. The number of aliphatic imine (C=N–C) groups is 1. The molecule has 16 unspecified atom stereocenters. The molecule has 12 rings (SSSR count). The Kier molecular flexibility index (Phi) is 17.1. The van der Waals surface area contributed by atoms with E-state index in [-0.39, 0.29) is 71.8 Å². The van der Waals surface area contributed by atoms with Gasteiger partial charge < -0.3 is 50.0 Å². The third kappa shape index (κ3) is 10.8. The fourth-order valence-corrected chi connectivity index (χ4v) is 20.3. The number of ether oxygens (including phenoxy) is 4. The first-order valence-corrected chi connectivity index (χ1v) is 32.7. The van der Waals surface area contributed by atoms with Crippen LogP contribution in [-0.2, 0) is 21.4 Å². The maximum Gasteiger partial charge on any atom is 0.207 e. The number of carbonyl (C=O) groups excluding carboxylic acids is 1. The molecule has 7 aliphatic carbocycles. The van der Waals surface area contributed by atoms with E-state index in [4.69, 9.17) is 23.9 Å². The number of phenolic OH excluding ortho intramolecular Hbond substituents is 1. The van der Waals surface area contributed by atoms with Gasteiger partial charge in [-0.05, 0) is 210 Å². The van der Waals surface area contributed by atoms with E-state index in [9.17, 15) is 20.4 Å². The molecule has 8 fully saturated rings. The van der Waals surface area contributed by atoms with E-state index in [0.717, 1.165) is 128 Å². The van der Waals surface area contributed by atoms with Crippen LogP contribution in [0.2, 0.25) is 0 Å². The summed E-state index contributed by atoms with van der Waals surface area (Å²) in [6.07, 6.45) is 31.3. The highest BCUT2D eigenvalue weighted by Crippen LogP contribution is 2.68. The molecule has 1 saturated heterocycles. The first kappa shape index (κ1) is 58.6. The molecule has 13 nitrogen and oxygen atoms in total. The summed E-state index contributed by atoms with van der Waals surface area (Å²) in [5.41, 5.74) is 0.666. The smallest absolute Gasteiger partial charge is 0.207 e. The Morgan fingerprint density at radius 2 is 1.77 bits per heavy atom. The Morgan fingerprint density at radius 3 is 2.57 bits per heavy atom. The maximum atomic E-state index is 15.9. The summed E-state index contributed by atoms with van der Waals surface area (Å²) < 4.78 is 27.4. The average Bonchev–Trinajstić information content (AvgIpc) is 2.34. The molecule has 2 aromatic carbocycles. The molecular weight excluding hydrogens is 1040 g/mol. The van der Waals surface area contributed by atoms with Gasteiger partial charge in [0.05, 0.1) is 18.9 Å². The molecular formula is C70H96N4O9. The highest BCUT2D eigenvalue weighted by atomic mass is 16.6. The number of benzene rings is 2. The Hall–Kier alpha value is -4.76. The van der Waals surface area contributed by atoms with Crippen molar-refractivity contribution < 1.29 is 44.2 Å². The fourth-order valence-electron chi connectivity index (χ4n) is 20.3. The number of allylic oxidation sites excluding steroid dienone is 2. The predicted molar refractivity (Wildman–Crippen MR) is 323 cm³/mol. The molecule has 0 radical (unpaired) electrons. The van der Waals surface area contributed by atoms with E-state index in [1.807, 2.05) is 25.3 Å². The number of ketones is 1. The van der Waals surface area contributed by atoms with Crippen LogP contribution < -0.4 is 30.2 Å². The zero-order valence-corrected chi connectivity index (χ0v) is 50.3. The molecule has 4 bridgehead atoms. The topological polar surface area (TPSA) is 183 Å². The van der Waals surface area contributed by atoms with E-state index in [1.165, 1.54) is 18.4 Å². The lowest BCUT2D eigenvalue weighted by Gasteiger charge is -2.59. The number of guanidine groups is 1. The minimum Gasteiger partial charge on any atom is -0.504 e. The number of aliphatic hydroxyl groups excluding tert-OH is 2. The quantitative estimate of drug-likeness (QED) is 0.100. The average molecular weight is 1140 g/mol. The number of nitrogens with one attached hydrogen (secondary N) is 3. The predicted octanol–water partition coefficient (Wildman–Crippen LogP) is 11.3. The number of rotatable bonds is 12. The Bertz CT molecular complexity index is 2870. The number of aromatic hydroxyl groups is 1. The van der Waals surface area contributed by atoms with Crippen LogP contribution in [0.4, 0.5) is 5.69 Å². The second-order valence-electron chi connectivity index (χ2n) is 28.0. The van der Waals surface area contributed by atoms with E-state index in [0.29, 0.717) is 97.1 Å². The van der Waals surface area contributed by atoms with Crippen molar-refractivity contribution in [1.29, 1.82) is 0 Å². The number of likely N-dealkylation sites (N-methyl/N-ethyl adjacent to an activating group) is 1. The van der Waals surface area contributed by atoms with Crippen molar-refractivity contribution in [1.82, 2.24) is 10.6 Å². The van der Waals surface area contributed by atoms with Crippen molar-refractivity contribution in [3.05, 3.63) is 53.6 Å². The van der Waals surface area contributed by atoms with Crippen LogP contribution >= 0.6 is 0 Å². The Balaban J connectivity index is 1.03. The van der Waals surface area contributed by atoms with Crippen molar-refractivity contribution in [2.45, 2.75) is 197 Å². The minimum atomic E-state index is -1.31. The summed E-state index contributed by atoms with van der Waals surface area (Å²) in [6, 6.07) is 13.4. The molecule has 16 atom stereocenters. The van der Waals surface area contributed by atoms with Gasteiger partial charge in [-0.2, -0.15) is 0 Å². The zero-order chi connectivity index (χ0) is 57.6. The van der Waals surface area contributed by atoms with Crippen LogP contribution in [0, 0.1) is 99.9 Å². The monoisotopic (exact) mass is 1140 g/mol. The van der Waals surface area contributed by atoms with E-state index >= 15 is 4.79 Å². The molecule has 3 heterocycles. The fraction of sp³-hybridized carbons (Fsp3) is 0.714. The lowest BCUT2D eigenvalue weighted by molar-refractivity contribution is -0.281. The standard InChI is InChI=1S/C70H96N4O9/c1-5-45-17-21-52-53(15-12-33-75)55-16-10-29-70(55)51-37-58(74-65(72-3)73-32-11-14-50-13-9-28-68(50,62(78)24-22-56(70)54(52)35-45)39-46-18-23-59(77)60(36-46)80-4)64-61(38-51)82-67(44-71-2)40-49(57(42-67)66(31-34-81-64)26-7-6-8-27-66)41-69(79)30-25-47-19-20-48(43-76)63(47)83-69/h18,22-24,36-38,45,47-50,52-57,63,71,75-77,79H,5-10,12-17,19-21,25-30,33,35,39-44H2,1-4H3,(H2,72,73,74). The normalized spacial score (nSPS) is 39.1. The summed E-state index contributed by atoms with van der Waals surface area (Å²) in [6.45, 7) is 3.17. The number of nitrogens with zero attached hydrogens (tertiary/aromatic N) is 1. The van der Waals surface area contributed by atoms with Gasteiger partial charge in [-0.25, -0.2) is 0 Å². The van der Waals surface area contributed by atoms with E-state index < -0.39 is 22.2 Å². The second-order valence-corrected chi connectivity index (χ2v) is 28.0. The van der Waals surface area contributed by atoms with Crippen LogP contribution in [0.25, 0.3) is 0 Å². The summed E-state index contributed by atoms with van der Waals surface area (Å²) in [7, 11) is 5.36. The first-order valence-electron chi connectivity index (χ1n) is 32.7. The van der Waals surface area contributed by atoms with Crippen molar-refractivity contribution in [3.8, 4) is 47.0 Å². The first-order chi connectivity index (χ1) is 40.3. The minimum absolute atomic E-state index is 0.000869. The molecule has 83 heavy (non-hydrogen) atoms. The highest BCUT2D eigenvalue weighted by Gasteiger charge is 2.63. The van der Waals surface area contributed by atoms with E-state index in [2.05, 4.69) is 65.1 Å². The molecule has 7 saturated carbocycles. The number of fused-ring (bicyclic) bond motifs is 11. The SMILES string of the molecule is CCC1CCC2C(C1)C1C=CC(=O)C3(Cc4ccc(O)c(OC)c4)CCCC3CC#CNC(=NC)Nc3cc(cc4c3OC#CC3(CCCCC3)C3CC(CNC)(CC3CC3(O)CCC5CCC(CO)C5O3)O4)C13CCCC3C2CCCO. The number of phenols is 1. The lowest BCUT2D eigenvalue weighted by atomic mass is 9.45. The summed E-state index contributed by atoms with van der Waals surface area (Å²) in [5.74, 6) is 10.9. The second kappa shape index (κ2) is 24.2. The van der Waals surface area contributed by atoms with Gasteiger partial charge >= 0.3 is 0 Å². The van der Waals surface area contributed by atoms with Gasteiger partial charge in [0.1, 0.15) is 11.7 Å². The van der Waals surface area contributed by atoms with Gasteiger partial charge in [-0.3, -0.25) is 15.1 Å². The zero-order valence-electron chi connectivity index (χ0n) is 50.3. The summed E-state index contributed by atoms with van der Waals surface area (Å²) >= 11 is 0. The van der Waals surface area contributed by atoms with Crippen molar-refractivity contribution >= 4 is 17.4 Å². The Morgan fingerprint density at radius 1 is 0.916 bits per heavy atom. The maximum absolute atomic E-state index is 15.9. The molecule has 10 aliphatic rings. The largest absolute Gasteiger partial charge is 0.504 e. The van der Waals surface area contributed by atoms with Crippen LogP contribution in [0.1, 0.15) is 179 Å². The third-order valence-corrected chi connectivity index (χ3v) is 24.0. The molecule has 450 valence electrons. The Labute approximate surface area is 494 Å². The van der Waals surface area contributed by atoms with E-state index in [1.54, 1.807) is 20.2 Å². The van der Waals surface area contributed by atoms with Crippen molar-refractivity contribution in [2.24, 2.45) is 80.9 Å². The molecule has 13 heteroatoms. The van der Waals surface area contributed by atoms with Gasteiger partial charge in [-0.1, -0.05) is 75.9 Å². The van der Waals surface area contributed by atoms with Crippen molar-refractivity contribution in [3.63, 3.8) is 0 Å². The van der Waals surface area contributed by atoms with Crippen LogP contribution in [0.3, 0.4) is 0 Å². The molecule has 3 aliphatic heterocycles. The number of aliphatic hydroxyl groups is 3. The van der Waals surface area contributed by atoms with Gasteiger partial charge in [-0.15, -0.1) is 0 Å². The van der Waals surface area contributed by atoms with Crippen LogP contribution in [0.5, 0.6) is 23.0 Å². The number of anilines is 1. The number of hydrogen-bond donors (Lipinski definition) is 7. The van der Waals surface area contributed by atoms with Gasteiger partial charge in [0, 0.05) is 74.3 Å². The third-order valence-electron chi connectivity index (χ3n) is 24.0. The lowest BCUT2D eigenvalue weighted by Crippen LogP contribution is -2.55. The van der Waals surface area contributed by atoms with Gasteiger partial charge in [0.15, 0.2) is 28.8 Å². The van der Waals surface area contributed by atoms with Gasteiger partial charge in [0.2, 0.25) is 11.7 Å². The number of methoxy groups -OCH3 is 1. The molecule has 7 N–H and O–H groups in total. The molecule has 0 amide bonds. The van der Waals surface area contributed by atoms with Crippen LogP contribution in [-0.4, -0.2) is 90.6 Å². The molecule has 2 spiro atoms. The number of carbonyl (C=O) groups is 1. The summed E-state index contributed by atoms with van der Waals surface area (Å²) in [4.78, 5) is 20.7. The van der Waals surface area contributed by atoms with Gasteiger partial charge in [0.25, 0.3) is 0 Å². The molecule has 0 aromatic heterocycles. The highest BCUT2D eigenvalue weighted by molar-refractivity contribution is 5.97. The number of hydrogen-bond acceptors (Lipinski definition) is 11. The van der Waals surface area contributed by atoms with Crippen LogP contribution in [0.15, 0.2) is 47.5 Å². The van der Waals surface area contributed by atoms with Crippen molar-refractivity contribution in [2.75, 3.05) is 46.3 Å². The molecule has 2 aromatic rings.